The summed E-state index contributed by atoms with van der Waals surface area (Å²) in [7, 11) is 0. The number of nitrogens with one attached hydrogen (secondary N) is 1. The van der Waals surface area contributed by atoms with Crippen LogP contribution in [0.5, 0.6) is 0 Å². The fraction of sp³-hybridized carbons (Fsp3) is 0.333. The number of carbonyl (C=O) groups excluding carboxylic acids is 1. The maximum absolute atomic E-state index is 15.8. The highest BCUT2D eigenvalue weighted by Gasteiger charge is 2.24. The summed E-state index contributed by atoms with van der Waals surface area (Å²) in [5.41, 5.74) is 10.7. The van der Waals surface area contributed by atoms with Crippen molar-refractivity contribution in [2.45, 2.75) is 26.4 Å². The number of benzene rings is 2. The first kappa shape index (κ1) is 22.3. The molecule has 0 spiro atoms. The summed E-state index contributed by atoms with van der Waals surface area (Å²) in [5.74, 6) is 0.0689. The molecule has 5 rings (SSSR count). The van der Waals surface area contributed by atoms with Gasteiger partial charge in [0.1, 0.15) is 11.6 Å². The lowest BCUT2D eigenvalue weighted by Crippen LogP contribution is -2.44. The second-order valence-electron chi connectivity index (χ2n) is 9.27. The number of nitrogens with zero attached hydrogens (tertiary/aromatic N) is 2. The number of halogens is 1. The Morgan fingerprint density at radius 1 is 1.15 bits per heavy atom. The minimum absolute atomic E-state index is 0.104. The fourth-order valence-electron chi connectivity index (χ4n) is 4.73. The average Bonchev–Trinajstić information content (AvgIpc) is 2.84. The Morgan fingerprint density at radius 2 is 1.91 bits per heavy atom. The summed E-state index contributed by atoms with van der Waals surface area (Å²) in [5, 5.41) is 2.83. The molecule has 1 atom stereocenters. The number of amides is 1. The first-order chi connectivity index (χ1) is 16.4. The predicted octanol–water partition coefficient (Wildman–Crippen LogP) is 4.28. The summed E-state index contributed by atoms with van der Waals surface area (Å²) in [4.78, 5) is 18.7. The fourth-order valence-corrected chi connectivity index (χ4v) is 4.73. The third-order valence-corrected chi connectivity index (χ3v) is 6.74. The molecule has 1 saturated heterocycles. The summed E-state index contributed by atoms with van der Waals surface area (Å²) < 4.78 is 21.7. The molecule has 2 aliphatic rings. The van der Waals surface area contributed by atoms with E-state index in [1.165, 1.54) is 6.20 Å². The molecule has 3 N–H and O–H groups in total. The van der Waals surface area contributed by atoms with Gasteiger partial charge in [-0.2, -0.15) is 0 Å². The van der Waals surface area contributed by atoms with Crippen molar-refractivity contribution in [1.29, 1.82) is 0 Å². The first-order valence-corrected chi connectivity index (χ1v) is 11.7. The maximum Gasteiger partial charge on any atom is 0.251 e. The van der Waals surface area contributed by atoms with E-state index in [1.807, 2.05) is 30.3 Å². The minimum atomic E-state index is -0.410. The van der Waals surface area contributed by atoms with E-state index >= 15 is 4.39 Å². The number of pyridine rings is 1. The van der Waals surface area contributed by atoms with Gasteiger partial charge >= 0.3 is 0 Å². The zero-order valence-corrected chi connectivity index (χ0v) is 19.5. The Morgan fingerprint density at radius 3 is 2.68 bits per heavy atom. The molecule has 0 unspecified atom stereocenters. The van der Waals surface area contributed by atoms with Crippen LogP contribution in [0.2, 0.25) is 0 Å². The van der Waals surface area contributed by atoms with Gasteiger partial charge in [0.25, 0.3) is 5.91 Å². The Kier molecular flexibility index (Phi) is 5.96. The molecule has 0 bridgehead atoms. The molecule has 176 valence electrons. The van der Waals surface area contributed by atoms with Gasteiger partial charge in [-0.25, -0.2) is 9.37 Å². The highest BCUT2D eigenvalue weighted by molar-refractivity contribution is 5.97. The first-order valence-electron chi connectivity index (χ1n) is 11.7. The molecule has 0 saturated carbocycles. The van der Waals surface area contributed by atoms with Crippen LogP contribution in [0.1, 0.15) is 29.8 Å². The number of carbonyl (C=O) groups is 1. The van der Waals surface area contributed by atoms with Crippen molar-refractivity contribution in [3.8, 4) is 22.3 Å². The van der Waals surface area contributed by atoms with E-state index < -0.39 is 5.82 Å². The molecule has 2 aliphatic heterocycles. The van der Waals surface area contributed by atoms with Crippen LogP contribution in [0.15, 0.2) is 48.7 Å². The number of aromatic nitrogens is 1. The number of nitrogens with two attached hydrogens (primary N) is 1. The molecule has 2 aromatic carbocycles. The maximum atomic E-state index is 15.8. The molecule has 7 heteroatoms. The topological polar surface area (TPSA) is 80.5 Å². The van der Waals surface area contributed by atoms with E-state index in [1.54, 1.807) is 12.1 Å². The van der Waals surface area contributed by atoms with Gasteiger partial charge in [0.2, 0.25) is 0 Å². The zero-order valence-electron chi connectivity index (χ0n) is 19.5. The third-order valence-electron chi connectivity index (χ3n) is 6.74. The second kappa shape index (κ2) is 9.06. The number of fused-ring (bicyclic) bond motifs is 1. The highest BCUT2D eigenvalue weighted by atomic mass is 19.1. The molecule has 1 fully saturated rings. The average molecular weight is 461 g/mol. The Bertz CT molecular complexity index is 1230. The van der Waals surface area contributed by atoms with Crippen molar-refractivity contribution in [3.63, 3.8) is 0 Å². The van der Waals surface area contributed by atoms with Gasteiger partial charge in [0.05, 0.1) is 18.3 Å². The molecule has 1 aromatic heterocycles. The smallest absolute Gasteiger partial charge is 0.251 e. The summed E-state index contributed by atoms with van der Waals surface area (Å²) in [6, 6.07) is 13.2. The van der Waals surface area contributed by atoms with Crippen LogP contribution in [0.3, 0.4) is 0 Å². The van der Waals surface area contributed by atoms with E-state index in [2.05, 4.69) is 29.0 Å². The Balaban J connectivity index is 1.46. The largest absolute Gasteiger partial charge is 0.383 e. The van der Waals surface area contributed by atoms with Gasteiger partial charge in [-0.3, -0.25) is 4.79 Å². The molecule has 3 heterocycles. The number of ether oxygens (including phenoxy) is 1. The van der Waals surface area contributed by atoms with Crippen LogP contribution in [0.4, 0.5) is 15.9 Å². The lowest BCUT2D eigenvalue weighted by molar-refractivity contribution is 0.0114. The van der Waals surface area contributed by atoms with E-state index in [0.717, 1.165) is 29.9 Å². The van der Waals surface area contributed by atoms with Gasteiger partial charge in [-0.05, 0) is 47.2 Å². The minimum Gasteiger partial charge on any atom is -0.383 e. The summed E-state index contributed by atoms with van der Waals surface area (Å²) >= 11 is 0. The van der Waals surface area contributed by atoms with E-state index in [4.69, 9.17) is 10.5 Å². The molecule has 34 heavy (non-hydrogen) atoms. The van der Waals surface area contributed by atoms with E-state index in [0.29, 0.717) is 42.2 Å². The normalized spacial score (nSPS) is 18.1. The molecule has 0 radical (unpaired) electrons. The van der Waals surface area contributed by atoms with Gasteiger partial charge in [-0.1, -0.05) is 38.1 Å². The van der Waals surface area contributed by atoms with Gasteiger partial charge in [0, 0.05) is 42.6 Å². The van der Waals surface area contributed by atoms with Gasteiger partial charge in [-0.15, -0.1) is 0 Å². The number of nitrogen functional groups attached to an aromatic ring is 1. The van der Waals surface area contributed by atoms with Gasteiger partial charge in [0.15, 0.2) is 0 Å². The zero-order chi connectivity index (χ0) is 23.8. The Hall–Kier alpha value is -3.45. The van der Waals surface area contributed by atoms with E-state index in [9.17, 15) is 4.79 Å². The lowest BCUT2D eigenvalue weighted by atomic mass is 9.93. The SMILES string of the molecule is CC(C)[C@H]1CN(c2ccc(-c3cnc(N)c(-c4ccc5c(c4)CCNC5=O)c3F)cc2)CCO1. The number of anilines is 2. The van der Waals surface area contributed by atoms with Gasteiger partial charge < -0.3 is 20.7 Å². The molecule has 0 aliphatic carbocycles. The number of hydrogen-bond donors (Lipinski definition) is 2. The van der Waals surface area contributed by atoms with Crippen molar-refractivity contribution in [2.24, 2.45) is 5.92 Å². The van der Waals surface area contributed by atoms with Crippen molar-refractivity contribution in [3.05, 3.63) is 65.6 Å². The van der Waals surface area contributed by atoms with Crippen LogP contribution in [0, 0.1) is 11.7 Å². The van der Waals surface area contributed by atoms with Crippen LogP contribution < -0.4 is 16.0 Å². The van der Waals surface area contributed by atoms with E-state index in [-0.39, 0.29) is 23.4 Å². The predicted molar refractivity (Wildman–Crippen MR) is 132 cm³/mol. The quantitative estimate of drug-likeness (QED) is 0.607. The second-order valence-corrected chi connectivity index (χ2v) is 9.27. The molecule has 6 nitrogen and oxygen atoms in total. The summed E-state index contributed by atoms with van der Waals surface area (Å²) in [6.07, 6.45) is 2.39. The molecular formula is C27H29FN4O2. The highest BCUT2D eigenvalue weighted by Crippen LogP contribution is 2.36. The van der Waals surface area contributed by atoms with Crippen LogP contribution in [-0.2, 0) is 11.2 Å². The number of rotatable bonds is 4. The molecular weight excluding hydrogens is 431 g/mol. The van der Waals surface area contributed by atoms with Crippen molar-refractivity contribution in [2.75, 3.05) is 36.9 Å². The Labute approximate surface area is 198 Å². The monoisotopic (exact) mass is 460 g/mol. The van der Waals surface area contributed by atoms with Crippen molar-refractivity contribution in [1.82, 2.24) is 10.3 Å². The number of hydrogen-bond acceptors (Lipinski definition) is 5. The third kappa shape index (κ3) is 4.12. The lowest BCUT2D eigenvalue weighted by Gasteiger charge is -2.36. The van der Waals surface area contributed by atoms with Crippen LogP contribution >= 0.6 is 0 Å². The molecule has 3 aromatic rings. The van der Waals surface area contributed by atoms with Crippen LogP contribution in [-0.4, -0.2) is 43.2 Å². The molecule has 1 amide bonds. The van der Waals surface area contributed by atoms with Crippen molar-refractivity contribution >= 4 is 17.4 Å². The van der Waals surface area contributed by atoms with Crippen LogP contribution in [0.25, 0.3) is 22.3 Å². The number of morpholine rings is 1. The van der Waals surface area contributed by atoms with Crippen molar-refractivity contribution < 1.29 is 13.9 Å². The summed E-state index contributed by atoms with van der Waals surface area (Å²) in [6.45, 7) is 7.29. The standard InChI is InChI=1S/C27H29FN4O2/c1-16(2)23-15-32(11-12-34-23)20-6-3-17(4-7-20)22-14-31-26(29)24(25(22)28)19-5-8-21-18(13-19)9-10-30-27(21)33/h3-8,13-14,16,23H,9-12,15H2,1-2H3,(H2,29,31)(H,30,33)/t23-/m1/s1.